The van der Waals surface area contributed by atoms with E-state index in [9.17, 15) is 13.2 Å². The average Bonchev–Trinajstić information content (AvgIpc) is 2.68. The maximum absolute atomic E-state index is 11.7. The predicted molar refractivity (Wildman–Crippen MR) is 48.8 cm³/mol. The number of hydrogen-bond acceptors (Lipinski definition) is 5. The van der Waals surface area contributed by atoms with Crippen molar-refractivity contribution in [1.29, 1.82) is 5.26 Å². The molecular formula is C9H10F3N3O2. The van der Waals surface area contributed by atoms with Gasteiger partial charge in [0.2, 0.25) is 5.89 Å². The summed E-state index contributed by atoms with van der Waals surface area (Å²) >= 11 is 0. The molecule has 94 valence electrons. The highest BCUT2D eigenvalue weighted by atomic mass is 19.4. The van der Waals surface area contributed by atoms with E-state index >= 15 is 0 Å². The van der Waals surface area contributed by atoms with Crippen LogP contribution in [0.1, 0.15) is 18.1 Å². The monoisotopic (exact) mass is 249 g/mol. The Balaban J connectivity index is 2.23. The number of nitriles is 1. The summed E-state index contributed by atoms with van der Waals surface area (Å²) in [5.41, 5.74) is 0. The van der Waals surface area contributed by atoms with Crippen molar-refractivity contribution in [3.8, 4) is 6.07 Å². The van der Waals surface area contributed by atoms with Crippen molar-refractivity contribution >= 4 is 0 Å². The molecule has 17 heavy (non-hydrogen) atoms. The fourth-order valence-electron chi connectivity index (χ4n) is 1.01. The molecule has 0 radical (unpaired) electrons. The van der Waals surface area contributed by atoms with Gasteiger partial charge in [0.25, 0.3) is 0 Å². The van der Waals surface area contributed by atoms with Crippen molar-refractivity contribution in [1.82, 2.24) is 10.1 Å². The zero-order valence-electron chi connectivity index (χ0n) is 8.83. The zero-order valence-corrected chi connectivity index (χ0v) is 8.83. The molecule has 0 spiro atoms. The predicted octanol–water partition coefficient (Wildman–Crippen LogP) is 1.65. The fraction of sp³-hybridized carbons (Fsp3) is 0.667. The Morgan fingerprint density at radius 2 is 2.12 bits per heavy atom. The van der Waals surface area contributed by atoms with Crippen LogP contribution in [0.25, 0.3) is 0 Å². The number of rotatable bonds is 6. The molecule has 0 fully saturated rings. The van der Waals surface area contributed by atoms with E-state index in [1.165, 1.54) is 0 Å². The van der Waals surface area contributed by atoms with Crippen LogP contribution in [0.15, 0.2) is 4.52 Å². The van der Waals surface area contributed by atoms with Gasteiger partial charge in [-0.2, -0.15) is 23.4 Å². The van der Waals surface area contributed by atoms with E-state index in [4.69, 9.17) is 9.78 Å². The maximum atomic E-state index is 11.7. The standard InChI is InChI=1S/C9H10F3N3O2/c10-9(11,12)6-16-5-3-7-14-8(17-15-7)2-1-4-13/h1-3,5-6H2. The molecule has 1 heterocycles. The second-order valence-electron chi connectivity index (χ2n) is 3.18. The molecule has 1 aromatic heterocycles. The van der Waals surface area contributed by atoms with Crippen LogP contribution in [0.4, 0.5) is 13.2 Å². The van der Waals surface area contributed by atoms with Crippen molar-refractivity contribution in [3.63, 3.8) is 0 Å². The number of nitrogens with zero attached hydrogens (tertiary/aromatic N) is 3. The SMILES string of the molecule is N#CCCc1nc(CCOCC(F)(F)F)no1. The lowest BCUT2D eigenvalue weighted by atomic mass is 10.3. The first kappa shape index (κ1) is 13.4. The highest BCUT2D eigenvalue weighted by Crippen LogP contribution is 2.14. The quantitative estimate of drug-likeness (QED) is 0.717. The van der Waals surface area contributed by atoms with Crippen LogP contribution >= 0.6 is 0 Å². The molecule has 1 rings (SSSR count). The summed E-state index contributed by atoms with van der Waals surface area (Å²) in [6.45, 7) is -1.41. The smallest absolute Gasteiger partial charge is 0.372 e. The van der Waals surface area contributed by atoms with Gasteiger partial charge in [0, 0.05) is 19.3 Å². The Labute approximate surface area is 95.2 Å². The molecule has 0 aliphatic rings. The van der Waals surface area contributed by atoms with E-state index in [1.54, 1.807) is 0 Å². The topological polar surface area (TPSA) is 71.9 Å². The number of aromatic nitrogens is 2. The van der Waals surface area contributed by atoms with E-state index in [1.807, 2.05) is 6.07 Å². The summed E-state index contributed by atoms with van der Waals surface area (Å²) < 4.78 is 44.3. The molecule has 0 amide bonds. The summed E-state index contributed by atoms with van der Waals surface area (Å²) in [6.07, 6.45) is -3.58. The first-order valence-electron chi connectivity index (χ1n) is 4.84. The molecule has 0 saturated carbocycles. The van der Waals surface area contributed by atoms with Crippen LogP contribution < -0.4 is 0 Å². The number of aryl methyl sites for hydroxylation is 1. The minimum Gasteiger partial charge on any atom is -0.372 e. The third kappa shape index (κ3) is 5.87. The van der Waals surface area contributed by atoms with Crippen LogP contribution in [-0.4, -0.2) is 29.5 Å². The summed E-state index contributed by atoms with van der Waals surface area (Å²) in [7, 11) is 0. The van der Waals surface area contributed by atoms with E-state index in [2.05, 4.69) is 14.9 Å². The first-order chi connectivity index (χ1) is 8.01. The number of ether oxygens (including phenoxy) is 1. The second kappa shape index (κ2) is 6.20. The largest absolute Gasteiger partial charge is 0.411 e. The molecule has 0 aliphatic heterocycles. The van der Waals surface area contributed by atoms with Crippen LogP contribution in [0.2, 0.25) is 0 Å². The Bertz CT molecular complexity index is 384. The molecule has 0 bridgehead atoms. The first-order valence-corrected chi connectivity index (χ1v) is 4.84. The molecule has 5 nitrogen and oxygen atoms in total. The van der Waals surface area contributed by atoms with Gasteiger partial charge in [-0.15, -0.1) is 0 Å². The molecule has 0 aromatic carbocycles. The summed E-state index contributed by atoms with van der Waals surface area (Å²) in [4.78, 5) is 3.89. The number of halogens is 3. The van der Waals surface area contributed by atoms with E-state index in [0.29, 0.717) is 12.3 Å². The van der Waals surface area contributed by atoms with Crippen molar-refractivity contribution in [2.45, 2.75) is 25.4 Å². The van der Waals surface area contributed by atoms with Crippen LogP contribution in [0.5, 0.6) is 0 Å². The molecule has 0 N–H and O–H groups in total. The molecule has 0 saturated heterocycles. The lowest BCUT2D eigenvalue weighted by Gasteiger charge is -2.05. The van der Waals surface area contributed by atoms with Gasteiger partial charge in [-0.25, -0.2) is 0 Å². The Morgan fingerprint density at radius 3 is 2.76 bits per heavy atom. The van der Waals surface area contributed by atoms with Crippen LogP contribution in [0, 0.1) is 11.3 Å². The third-order valence-corrected chi connectivity index (χ3v) is 1.70. The highest BCUT2D eigenvalue weighted by molar-refractivity contribution is 4.89. The molecule has 0 unspecified atom stereocenters. The van der Waals surface area contributed by atoms with Gasteiger partial charge in [0.05, 0.1) is 12.7 Å². The second-order valence-corrected chi connectivity index (χ2v) is 3.18. The zero-order chi connectivity index (χ0) is 12.7. The minimum absolute atomic E-state index is 0.128. The van der Waals surface area contributed by atoms with Crippen molar-refractivity contribution < 1.29 is 22.4 Å². The van der Waals surface area contributed by atoms with E-state index < -0.39 is 12.8 Å². The summed E-state index contributed by atoms with van der Waals surface area (Å²) in [5, 5.41) is 11.9. The van der Waals surface area contributed by atoms with Crippen LogP contribution in [0.3, 0.4) is 0 Å². The number of hydrogen-bond donors (Lipinski definition) is 0. The van der Waals surface area contributed by atoms with Gasteiger partial charge in [0.1, 0.15) is 6.61 Å². The Hall–Kier alpha value is -1.62. The van der Waals surface area contributed by atoms with Gasteiger partial charge in [-0.1, -0.05) is 5.16 Å². The van der Waals surface area contributed by atoms with Crippen LogP contribution in [-0.2, 0) is 17.6 Å². The van der Waals surface area contributed by atoms with Crippen molar-refractivity contribution in [2.75, 3.05) is 13.2 Å². The van der Waals surface area contributed by atoms with Gasteiger partial charge in [-0.3, -0.25) is 0 Å². The normalized spacial score (nSPS) is 11.4. The van der Waals surface area contributed by atoms with E-state index in [0.717, 1.165) is 0 Å². The molecular weight excluding hydrogens is 239 g/mol. The Kier molecular flexibility index (Phi) is 4.90. The van der Waals surface area contributed by atoms with Gasteiger partial charge in [-0.05, 0) is 0 Å². The maximum Gasteiger partial charge on any atom is 0.411 e. The van der Waals surface area contributed by atoms with Gasteiger partial charge < -0.3 is 9.26 Å². The van der Waals surface area contributed by atoms with Crippen molar-refractivity contribution in [3.05, 3.63) is 11.7 Å². The average molecular weight is 249 g/mol. The van der Waals surface area contributed by atoms with Gasteiger partial charge in [0.15, 0.2) is 5.82 Å². The minimum atomic E-state index is -4.32. The lowest BCUT2D eigenvalue weighted by Crippen LogP contribution is -2.18. The molecule has 8 heteroatoms. The van der Waals surface area contributed by atoms with E-state index in [-0.39, 0.29) is 25.3 Å². The lowest BCUT2D eigenvalue weighted by molar-refractivity contribution is -0.173. The molecule has 1 aromatic rings. The summed E-state index contributed by atoms with van der Waals surface area (Å²) in [5.74, 6) is 0.581. The fourth-order valence-corrected chi connectivity index (χ4v) is 1.01. The highest BCUT2D eigenvalue weighted by Gasteiger charge is 2.27. The third-order valence-electron chi connectivity index (χ3n) is 1.70. The molecule has 0 aliphatic carbocycles. The molecule has 0 atom stereocenters. The number of alkyl halides is 3. The summed E-state index contributed by atoms with van der Waals surface area (Å²) in [6, 6.07) is 1.92. The Morgan fingerprint density at radius 1 is 1.35 bits per heavy atom. The van der Waals surface area contributed by atoms with Crippen molar-refractivity contribution in [2.24, 2.45) is 0 Å². The van der Waals surface area contributed by atoms with Gasteiger partial charge >= 0.3 is 6.18 Å².